The minimum absolute atomic E-state index is 0.112. The third-order valence-corrected chi connectivity index (χ3v) is 9.04. The summed E-state index contributed by atoms with van der Waals surface area (Å²) in [4.78, 5) is 68.2. The molecule has 2 heterocycles. The van der Waals surface area contributed by atoms with Gasteiger partial charge in [-0.3, -0.25) is 19.2 Å². The molecular formula is C42H37F3N8O6. The molecule has 2 aromatic heterocycles. The maximum atomic E-state index is 14.0. The minimum atomic E-state index is -4.74. The summed E-state index contributed by atoms with van der Waals surface area (Å²) < 4.78 is 52.4. The Morgan fingerprint density at radius 2 is 1.10 bits per heavy atom. The zero-order valence-corrected chi connectivity index (χ0v) is 32.0. The molecule has 0 spiro atoms. The number of amides is 4. The largest absolute Gasteiger partial charge is 0.477 e. The molecule has 1 fully saturated rings. The molecule has 4 aromatic carbocycles. The van der Waals surface area contributed by atoms with Gasteiger partial charge >= 0.3 is 6.18 Å². The molecule has 14 nitrogen and oxygen atoms in total. The third-order valence-electron chi connectivity index (χ3n) is 9.04. The van der Waals surface area contributed by atoms with E-state index in [0.717, 1.165) is 28.9 Å². The van der Waals surface area contributed by atoms with E-state index in [0.29, 0.717) is 45.9 Å². The lowest BCUT2D eigenvalue weighted by molar-refractivity contribution is -0.153. The lowest BCUT2D eigenvalue weighted by Crippen LogP contribution is -2.38. The van der Waals surface area contributed by atoms with E-state index in [-0.39, 0.29) is 34.5 Å². The van der Waals surface area contributed by atoms with Crippen molar-refractivity contribution in [1.29, 1.82) is 0 Å². The summed E-state index contributed by atoms with van der Waals surface area (Å²) in [7, 11) is 0. The molecule has 0 bridgehead atoms. The average Bonchev–Trinajstić information content (AvgIpc) is 4.03. The number of aromatic nitrogens is 4. The predicted octanol–water partition coefficient (Wildman–Crippen LogP) is 7.35. The molecule has 1 saturated carbocycles. The molecule has 6 aromatic rings. The summed E-state index contributed by atoms with van der Waals surface area (Å²) in [6.45, 7) is 2.10. The number of carbonyl (C=O) groups excluding carboxylic acids is 4. The smallest absolute Gasteiger partial charge is 0.422 e. The van der Waals surface area contributed by atoms with E-state index in [9.17, 15) is 32.3 Å². The van der Waals surface area contributed by atoms with Crippen molar-refractivity contribution in [2.75, 3.05) is 35.3 Å². The van der Waals surface area contributed by atoms with E-state index in [2.05, 4.69) is 35.9 Å². The second-order valence-corrected chi connectivity index (χ2v) is 13.9. The number of fused-ring (bicyclic) bond motifs is 2. The number of nitrogens with one attached hydrogen (secondary N) is 3. The Balaban J connectivity index is 1.34. The van der Waals surface area contributed by atoms with Crippen molar-refractivity contribution in [2.45, 2.75) is 39.8 Å². The molecule has 0 unspecified atom stereocenters. The average molecular weight is 807 g/mol. The molecule has 0 aliphatic heterocycles. The van der Waals surface area contributed by atoms with Gasteiger partial charge in [0.25, 0.3) is 5.91 Å². The Morgan fingerprint density at radius 3 is 1.53 bits per heavy atom. The van der Waals surface area contributed by atoms with E-state index in [1.165, 1.54) is 20.8 Å². The van der Waals surface area contributed by atoms with Crippen LogP contribution in [0, 0.1) is 5.92 Å². The van der Waals surface area contributed by atoms with Crippen LogP contribution in [0.1, 0.15) is 33.6 Å². The number of rotatable bonds is 13. The van der Waals surface area contributed by atoms with E-state index in [1.54, 1.807) is 66.7 Å². The van der Waals surface area contributed by atoms with Crippen molar-refractivity contribution in [3.8, 4) is 34.0 Å². The van der Waals surface area contributed by atoms with Gasteiger partial charge in [0.15, 0.2) is 6.61 Å². The fraction of sp³-hybridized carbons (Fsp3) is 0.238. The minimum Gasteiger partial charge on any atom is -0.477 e. The number of nitrogens with zero attached hydrogens (tertiary/aromatic N) is 5. The van der Waals surface area contributed by atoms with Gasteiger partial charge in [-0.15, -0.1) is 0 Å². The van der Waals surface area contributed by atoms with Crippen molar-refractivity contribution in [3.63, 3.8) is 0 Å². The number of ether oxygens (including phenoxy) is 2. The number of alkyl halides is 3. The molecule has 0 atom stereocenters. The molecule has 59 heavy (non-hydrogen) atoms. The molecule has 302 valence electrons. The lowest BCUT2D eigenvalue weighted by Gasteiger charge is -2.22. The highest BCUT2D eigenvalue weighted by atomic mass is 19.4. The first-order chi connectivity index (χ1) is 28.2. The molecular weight excluding hydrogens is 770 g/mol. The van der Waals surface area contributed by atoms with Crippen LogP contribution in [-0.2, 0) is 19.2 Å². The van der Waals surface area contributed by atoms with Crippen molar-refractivity contribution in [3.05, 3.63) is 84.9 Å². The van der Waals surface area contributed by atoms with Crippen molar-refractivity contribution >= 4 is 68.7 Å². The fourth-order valence-corrected chi connectivity index (χ4v) is 6.08. The normalized spacial score (nSPS) is 12.5. The van der Waals surface area contributed by atoms with Crippen LogP contribution < -0.4 is 30.3 Å². The number of benzene rings is 4. The molecule has 0 saturated heterocycles. The quantitative estimate of drug-likeness (QED) is 0.107. The van der Waals surface area contributed by atoms with E-state index >= 15 is 0 Å². The Bertz CT molecular complexity index is 2580. The van der Waals surface area contributed by atoms with Crippen molar-refractivity contribution in [1.82, 2.24) is 25.3 Å². The van der Waals surface area contributed by atoms with Crippen LogP contribution in [0.3, 0.4) is 0 Å². The van der Waals surface area contributed by atoms with E-state index in [4.69, 9.17) is 9.47 Å². The first-order valence-electron chi connectivity index (χ1n) is 18.5. The molecule has 17 heteroatoms. The summed E-state index contributed by atoms with van der Waals surface area (Å²) in [5.41, 5.74) is 4.54. The number of halogens is 3. The van der Waals surface area contributed by atoms with Gasteiger partial charge in [0.1, 0.15) is 0 Å². The molecule has 4 amide bonds. The highest BCUT2D eigenvalue weighted by Gasteiger charge is 2.32. The number of hydrogen-bond donors (Lipinski definition) is 3. The Hall–Kier alpha value is -7.17. The van der Waals surface area contributed by atoms with Crippen LogP contribution in [-0.4, -0.2) is 69.5 Å². The topological polar surface area (TPSA) is 178 Å². The van der Waals surface area contributed by atoms with Crippen LogP contribution in [0.4, 0.5) is 36.4 Å². The summed E-state index contributed by atoms with van der Waals surface area (Å²) in [5.74, 6) is -2.48. The van der Waals surface area contributed by atoms with Gasteiger partial charge in [-0.1, -0.05) is 36.4 Å². The summed E-state index contributed by atoms with van der Waals surface area (Å²) in [6.07, 6.45) is -2.80. The molecule has 1 aliphatic rings. The first-order valence-corrected chi connectivity index (χ1v) is 18.5. The highest BCUT2D eigenvalue weighted by molar-refractivity contribution is 6.02. The molecule has 0 radical (unpaired) electrons. The van der Waals surface area contributed by atoms with Gasteiger partial charge in [0, 0.05) is 32.1 Å². The summed E-state index contributed by atoms with van der Waals surface area (Å²) >= 11 is 0. The first kappa shape index (κ1) is 40.0. The summed E-state index contributed by atoms with van der Waals surface area (Å²) in [5, 5.41) is 8.49. The standard InChI is InChI=1S/C42H37F3N8O6/c1-23(54)46-20-37(57)53(40-49-35-16-10-29(27-6-12-31(13-7-27)47-24(2)55)18-33(35)38(51-40)58-21-26-4-5-26)41-50-36-17-11-30(28-8-14-32(15-9-28)48-25(3)56)19-34(36)39(52-41)59-22-42(43,44)45/h6-19,26H,4-5,20-22H2,1-3H3,(H,46,54)(H,47,55)(H,48,56). The van der Waals surface area contributed by atoms with Gasteiger partial charge in [0.05, 0.1) is 35.0 Å². The van der Waals surface area contributed by atoms with Crippen LogP contribution in [0.25, 0.3) is 44.1 Å². The Labute approximate surface area is 335 Å². The van der Waals surface area contributed by atoms with Crippen molar-refractivity contribution in [2.24, 2.45) is 5.92 Å². The maximum absolute atomic E-state index is 14.0. The zero-order chi connectivity index (χ0) is 41.8. The molecule has 1 aliphatic carbocycles. The summed E-state index contributed by atoms with van der Waals surface area (Å²) in [6, 6.07) is 24.2. The van der Waals surface area contributed by atoms with Gasteiger partial charge < -0.3 is 25.4 Å². The Kier molecular flexibility index (Phi) is 11.4. The highest BCUT2D eigenvalue weighted by Crippen LogP contribution is 2.37. The van der Waals surface area contributed by atoms with Gasteiger partial charge in [-0.25, -0.2) is 14.9 Å². The Morgan fingerprint density at radius 1 is 0.644 bits per heavy atom. The second kappa shape index (κ2) is 16.7. The maximum Gasteiger partial charge on any atom is 0.422 e. The molecule has 3 N–H and O–H groups in total. The van der Waals surface area contributed by atoms with Gasteiger partial charge in [-0.05, 0) is 89.5 Å². The zero-order valence-electron chi connectivity index (χ0n) is 32.0. The lowest BCUT2D eigenvalue weighted by atomic mass is 10.0. The predicted molar refractivity (Wildman–Crippen MR) is 214 cm³/mol. The third kappa shape index (κ3) is 10.0. The number of anilines is 4. The van der Waals surface area contributed by atoms with Crippen molar-refractivity contribution < 1.29 is 41.8 Å². The fourth-order valence-electron chi connectivity index (χ4n) is 6.08. The number of carbonyl (C=O) groups is 4. The van der Waals surface area contributed by atoms with E-state index in [1.807, 2.05) is 18.2 Å². The van der Waals surface area contributed by atoms with Crippen LogP contribution in [0.5, 0.6) is 11.8 Å². The van der Waals surface area contributed by atoms with Crippen LogP contribution >= 0.6 is 0 Å². The van der Waals surface area contributed by atoms with E-state index < -0.39 is 43.0 Å². The number of hydrogen-bond acceptors (Lipinski definition) is 10. The SMILES string of the molecule is CC(=O)NCC(=O)N(c1nc(OCC2CC2)c2cc(-c3ccc(NC(C)=O)cc3)ccc2n1)c1nc(OCC(F)(F)F)c2cc(-c3ccc(NC(C)=O)cc3)ccc2n1. The van der Waals surface area contributed by atoms with Crippen LogP contribution in [0.2, 0.25) is 0 Å². The molecule has 7 rings (SSSR count). The second-order valence-electron chi connectivity index (χ2n) is 13.9. The van der Waals surface area contributed by atoms with Gasteiger partial charge in [-0.2, -0.15) is 23.1 Å². The van der Waals surface area contributed by atoms with Gasteiger partial charge in [0.2, 0.25) is 41.4 Å². The van der Waals surface area contributed by atoms with Crippen LogP contribution in [0.15, 0.2) is 84.9 Å². The monoisotopic (exact) mass is 806 g/mol.